The summed E-state index contributed by atoms with van der Waals surface area (Å²) in [5, 5.41) is 9.07. The molecule has 0 bridgehead atoms. The zero-order valence-corrected chi connectivity index (χ0v) is 9.07. The summed E-state index contributed by atoms with van der Waals surface area (Å²) < 4.78 is 13.1. The highest BCUT2D eigenvalue weighted by atomic mass is 19.1. The van der Waals surface area contributed by atoms with Gasteiger partial charge >= 0.3 is 0 Å². The van der Waals surface area contributed by atoms with Gasteiger partial charge in [-0.15, -0.1) is 0 Å². The van der Waals surface area contributed by atoms with Gasteiger partial charge in [-0.05, 0) is 36.6 Å². The standard InChI is InChI=1S/C14H13FO/c1-10-2-4-11(5-3-10)8-12-6-7-14(16)13(15)9-12/h2-7,9,16H,8H2,1H3. The van der Waals surface area contributed by atoms with Crippen molar-refractivity contribution in [3.63, 3.8) is 0 Å². The second-order valence-corrected chi connectivity index (χ2v) is 3.95. The molecule has 82 valence electrons. The van der Waals surface area contributed by atoms with Crippen molar-refractivity contribution in [1.29, 1.82) is 0 Å². The summed E-state index contributed by atoms with van der Waals surface area (Å²) in [7, 11) is 0. The number of aromatic hydroxyl groups is 1. The summed E-state index contributed by atoms with van der Waals surface area (Å²) in [5.74, 6) is -0.864. The number of hydrogen-bond acceptors (Lipinski definition) is 1. The number of hydrogen-bond donors (Lipinski definition) is 1. The molecule has 0 saturated heterocycles. The van der Waals surface area contributed by atoms with Crippen LogP contribution in [-0.2, 0) is 6.42 Å². The molecule has 0 heterocycles. The minimum atomic E-state index is -0.565. The van der Waals surface area contributed by atoms with Crippen LogP contribution in [0.2, 0.25) is 0 Å². The molecule has 2 rings (SSSR count). The molecule has 0 amide bonds. The molecular weight excluding hydrogens is 203 g/mol. The van der Waals surface area contributed by atoms with Crippen LogP contribution in [0.25, 0.3) is 0 Å². The van der Waals surface area contributed by atoms with Gasteiger partial charge in [0.25, 0.3) is 0 Å². The number of benzene rings is 2. The Morgan fingerprint density at radius 2 is 1.62 bits per heavy atom. The molecule has 2 aromatic rings. The van der Waals surface area contributed by atoms with Crippen LogP contribution >= 0.6 is 0 Å². The molecule has 16 heavy (non-hydrogen) atoms. The average molecular weight is 216 g/mol. The van der Waals surface area contributed by atoms with E-state index in [1.807, 2.05) is 31.2 Å². The van der Waals surface area contributed by atoms with Crippen LogP contribution in [0.15, 0.2) is 42.5 Å². The summed E-state index contributed by atoms with van der Waals surface area (Å²) in [6.07, 6.45) is 0.678. The molecule has 0 spiro atoms. The van der Waals surface area contributed by atoms with E-state index in [2.05, 4.69) is 0 Å². The van der Waals surface area contributed by atoms with E-state index in [4.69, 9.17) is 5.11 Å². The maximum absolute atomic E-state index is 13.1. The third kappa shape index (κ3) is 2.40. The second-order valence-electron chi connectivity index (χ2n) is 3.95. The van der Waals surface area contributed by atoms with Gasteiger partial charge in [-0.3, -0.25) is 0 Å². The Hall–Kier alpha value is -1.83. The number of phenols is 1. The van der Waals surface area contributed by atoms with E-state index in [1.165, 1.54) is 17.7 Å². The van der Waals surface area contributed by atoms with Gasteiger partial charge in [-0.1, -0.05) is 35.9 Å². The fourth-order valence-electron chi connectivity index (χ4n) is 1.60. The number of halogens is 1. The van der Waals surface area contributed by atoms with Gasteiger partial charge in [0.05, 0.1) is 0 Å². The Bertz CT molecular complexity index is 489. The zero-order chi connectivity index (χ0) is 11.5. The third-order valence-electron chi connectivity index (χ3n) is 2.54. The molecular formula is C14H13FO. The molecule has 0 radical (unpaired) electrons. The summed E-state index contributed by atoms with van der Waals surface area (Å²) in [5.41, 5.74) is 3.20. The van der Waals surface area contributed by atoms with E-state index in [9.17, 15) is 4.39 Å². The quantitative estimate of drug-likeness (QED) is 0.815. The molecule has 0 aliphatic carbocycles. The zero-order valence-electron chi connectivity index (χ0n) is 9.07. The predicted molar refractivity (Wildman–Crippen MR) is 62.0 cm³/mol. The van der Waals surface area contributed by atoms with E-state index in [0.29, 0.717) is 6.42 Å². The first-order valence-corrected chi connectivity index (χ1v) is 5.18. The fraction of sp³-hybridized carbons (Fsp3) is 0.143. The lowest BCUT2D eigenvalue weighted by molar-refractivity contribution is 0.432. The van der Waals surface area contributed by atoms with Crippen LogP contribution in [0.4, 0.5) is 4.39 Å². The van der Waals surface area contributed by atoms with E-state index < -0.39 is 5.82 Å². The molecule has 2 aromatic carbocycles. The SMILES string of the molecule is Cc1ccc(Cc2ccc(O)c(F)c2)cc1. The number of rotatable bonds is 2. The minimum absolute atomic E-state index is 0.298. The molecule has 0 unspecified atom stereocenters. The van der Waals surface area contributed by atoms with Crippen LogP contribution in [-0.4, -0.2) is 5.11 Å². The Morgan fingerprint density at radius 3 is 2.25 bits per heavy atom. The largest absolute Gasteiger partial charge is 0.505 e. The third-order valence-corrected chi connectivity index (χ3v) is 2.54. The van der Waals surface area contributed by atoms with Crippen LogP contribution in [0, 0.1) is 12.7 Å². The van der Waals surface area contributed by atoms with Crippen molar-refractivity contribution in [2.45, 2.75) is 13.3 Å². The predicted octanol–water partition coefficient (Wildman–Crippen LogP) is 3.43. The molecule has 0 aliphatic rings. The van der Waals surface area contributed by atoms with Crippen molar-refractivity contribution in [1.82, 2.24) is 0 Å². The first-order chi connectivity index (χ1) is 7.65. The summed E-state index contributed by atoms with van der Waals surface area (Å²) in [6.45, 7) is 2.03. The van der Waals surface area contributed by atoms with E-state index in [0.717, 1.165) is 11.1 Å². The Labute approximate surface area is 94.2 Å². The van der Waals surface area contributed by atoms with Crippen LogP contribution in [0.1, 0.15) is 16.7 Å². The van der Waals surface area contributed by atoms with Gasteiger partial charge in [-0.2, -0.15) is 0 Å². The Morgan fingerprint density at radius 1 is 1.00 bits per heavy atom. The minimum Gasteiger partial charge on any atom is -0.505 e. The second kappa shape index (κ2) is 4.35. The lowest BCUT2D eigenvalue weighted by Crippen LogP contribution is -1.89. The molecule has 0 fully saturated rings. The van der Waals surface area contributed by atoms with E-state index in [1.54, 1.807) is 6.07 Å². The maximum Gasteiger partial charge on any atom is 0.165 e. The van der Waals surface area contributed by atoms with Crippen LogP contribution in [0.3, 0.4) is 0 Å². The normalized spacial score (nSPS) is 10.4. The van der Waals surface area contributed by atoms with Crippen LogP contribution < -0.4 is 0 Å². The first-order valence-electron chi connectivity index (χ1n) is 5.18. The molecule has 2 heteroatoms. The number of aryl methyl sites for hydroxylation is 1. The van der Waals surface area contributed by atoms with Gasteiger partial charge in [0.15, 0.2) is 11.6 Å². The van der Waals surface area contributed by atoms with Crippen molar-refractivity contribution in [2.24, 2.45) is 0 Å². The average Bonchev–Trinajstić information content (AvgIpc) is 2.27. The number of phenolic OH excluding ortho intramolecular Hbond substituents is 1. The maximum atomic E-state index is 13.1. The van der Waals surface area contributed by atoms with Gasteiger partial charge in [0.2, 0.25) is 0 Å². The lowest BCUT2D eigenvalue weighted by Gasteiger charge is -2.03. The summed E-state index contributed by atoms with van der Waals surface area (Å²) >= 11 is 0. The smallest absolute Gasteiger partial charge is 0.165 e. The topological polar surface area (TPSA) is 20.2 Å². The summed E-state index contributed by atoms with van der Waals surface area (Å²) in [6, 6.07) is 12.6. The van der Waals surface area contributed by atoms with Crippen molar-refractivity contribution < 1.29 is 9.50 Å². The first kappa shape index (κ1) is 10.7. The van der Waals surface area contributed by atoms with Crippen molar-refractivity contribution in [3.8, 4) is 5.75 Å². The van der Waals surface area contributed by atoms with Gasteiger partial charge in [0.1, 0.15) is 0 Å². The van der Waals surface area contributed by atoms with Gasteiger partial charge < -0.3 is 5.11 Å². The highest BCUT2D eigenvalue weighted by Gasteiger charge is 2.02. The Balaban J connectivity index is 2.20. The molecule has 0 aliphatic heterocycles. The molecule has 1 N–H and O–H groups in total. The van der Waals surface area contributed by atoms with Crippen molar-refractivity contribution in [3.05, 3.63) is 65.0 Å². The fourth-order valence-corrected chi connectivity index (χ4v) is 1.60. The molecule has 1 nitrogen and oxygen atoms in total. The van der Waals surface area contributed by atoms with Crippen molar-refractivity contribution >= 4 is 0 Å². The monoisotopic (exact) mass is 216 g/mol. The highest BCUT2D eigenvalue weighted by molar-refractivity contribution is 5.32. The van der Waals surface area contributed by atoms with E-state index in [-0.39, 0.29) is 5.75 Å². The van der Waals surface area contributed by atoms with Gasteiger partial charge in [-0.25, -0.2) is 4.39 Å². The van der Waals surface area contributed by atoms with E-state index >= 15 is 0 Å². The van der Waals surface area contributed by atoms with Crippen LogP contribution in [0.5, 0.6) is 5.75 Å². The molecule has 0 aromatic heterocycles. The van der Waals surface area contributed by atoms with Gasteiger partial charge in [0, 0.05) is 0 Å². The molecule has 0 atom stereocenters. The highest BCUT2D eigenvalue weighted by Crippen LogP contribution is 2.18. The lowest BCUT2D eigenvalue weighted by atomic mass is 10.0. The van der Waals surface area contributed by atoms with Crippen molar-refractivity contribution in [2.75, 3.05) is 0 Å². The summed E-state index contributed by atoms with van der Waals surface area (Å²) in [4.78, 5) is 0. The Kier molecular flexibility index (Phi) is 2.91. The molecule has 0 saturated carbocycles.